The van der Waals surface area contributed by atoms with Gasteiger partial charge in [0.2, 0.25) is 0 Å². The quantitative estimate of drug-likeness (QED) is 0.663. The number of ether oxygens (including phenoxy) is 2. The van der Waals surface area contributed by atoms with Crippen molar-refractivity contribution >= 4 is 5.78 Å². The van der Waals surface area contributed by atoms with E-state index in [1.54, 1.807) is 13.0 Å². The van der Waals surface area contributed by atoms with Gasteiger partial charge >= 0.3 is 0 Å². The van der Waals surface area contributed by atoms with Crippen LogP contribution in [0.1, 0.15) is 20.3 Å². The topological polar surface area (TPSA) is 79.3 Å². The molecular formula is C15H20O5. The van der Waals surface area contributed by atoms with Crippen LogP contribution in [0.3, 0.4) is 0 Å². The molecule has 3 fully saturated rings. The van der Waals surface area contributed by atoms with Crippen molar-refractivity contribution in [2.45, 2.75) is 44.2 Å². The van der Waals surface area contributed by atoms with Gasteiger partial charge in [0.05, 0.1) is 30.8 Å². The molecule has 5 heteroatoms. The predicted octanol–water partition coefficient (Wildman–Crippen LogP) is 0.0474. The molecule has 2 N–H and O–H groups in total. The average molecular weight is 280 g/mol. The van der Waals surface area contributed by atoms with Crippen LogP contribution in [0.25, 0.3) is 0 Å². The second-order valence-corrected chi connectivity index (χ2v) is 6.87. The Morgan fingerprint density at radius 3 is 2.80 bits per heavy atom. The van der Waals surface area contributed by atoms with Crippen LogP contribution in [0.15, 0.2) is 11.6 Å². The molecule has 110 valence electrons. The molecule has 4 rings (SSSR count). The van der Waals surface area contributed by atoms with Crippen LogP contribution < -0.4 is 0 Å². The van der Waals surface area contributed by atoms with Crippen LogP contribution in [0.4, 0.5) is 0 Å². The van der Waals surface area contributed by atoms with Crippen LogP contribution in [-0.4, -0.2) is 53.1 Å². The first-order chi connectivity index (χ1) is 9.47. The molecule has 7 atom stereocenters. The summed E-state index contributed by atoms with van der Waals surface area (Å²) in [7, 11) is 0. The fourth-order valence-electron chi connectivity index (χ4n) is 4.83. The molecule has 0 aromatic heterocycles. The standard InChI is InChI=1S/C15H20O5/c1-7-4-10-14(5-16,12(18)11(7)17)9-3-8(2)13(20-10)15(9)6-19-15/h4,8-10,12-13,16,18H,3,5-6H2,1-2H3/t8-,9-,10-,12?,13-,14?,15-/m1/s1. The normalized spacial score (nSPS) is 56.7. The highest BCUT2D eigenvalue weighted by Gasteiger charge is 2.76. The molecule has 2 aliphatic carbocycles. The van der Waals surface area contributed by atoms with Gasteiger partial charge in [-0.1, -0.05) is 6.92 Å². The van der Waals surface area contributed by atoms with Gasteiger partial charge < -0.3 is 19.7 Å². The molecule has 0 aromatic rings. The van der Waals surface area contributed by atoms with Gasteiger partial charge in [-0.2, -0.15) is 0 Å². The van der Waals surface area contributed by atoms with E-state index in [1.807, 2.05) is 0 Å². The van der Waals surface area contributed by atoms with Gasteiger partial charge in [0.25, 0.3) is 0 Å². The Morgan fingerprint density at radius 1 is 1.50 bits per heavy atom. The molecule has 2 saturated heterocycles. The second kappa shape index (κ2) is 3.71. The van der Waals surface area contributed by atoms with E-state index >= 15 is 0 Å². The van der Waals surface area contributed by atoms with Crippen LogP contribution in [0.5, 0.6) is 0 Å². The molecule has 5 nitrogen and oxygen atoms in total. The first-order valence-corrected chi connectivity index (χ1v) is 7.28. The lowest BCUT2D eigenvalue weighted by molar-refractivity contribution is -0.211. The van der Waals surface area contributed by atoms with Crippen LogP contribution >= 0.6 is 0 Å². The minimum atomic E-state index is -1.21. The van der Waals surface area contributed by atoms with Crippen molar-refractivity contribution in [3.63, 3.8) is 0 Å². The Labute approximate surface area is 117 Å². The summed E-state index contributed by atoms with van der Waals surface area (Å²) in [6.45, 7) is 4.15. The molecule has 2 aliphatic heterocycles. The van der Waals surface area contributed by atoms with E-state index in [0.29, 0.717) is 18.1 Å². The summed E-state index contributed by atoms with van der Waals surface area (Å²) < 4.78 is 11.9. The van der Waals surface area contributed by atoms with Gasteiger partial charge in [0.1, 0.15) is 11.7 Å². The van der Waals surface area contributed by atoms with E-state index < -0.39 is 17.6 Å². The van der Waals surface area contributed by atoms with E-state index in [4.69, 9.17) is 9.47 Å². The SMILES string of the molecule is CC1=C[C@H]2O[C@@H]3[C@H](C)C[C@H](C2(CO)C(O)C1=O)[C@]31CO1. The maximum atomic E-state index is 12.2. The lowest BCUT2D eigenvalue weighted by atomic mass is 9.59. The highest BCUT2D eigenvalue weighted by atomic mass is 16.6. The van der Waals surface area contributed by atoms with Crippen LogP contribution in [-0.2, 0) is 14.3 Å². The molecule has 1 saturated carbocycles. The largest absolute Gasteiger partial charge is 0.396 e. The van der Waals surface area contributed by atoms with Gasteiger partial charge in [-0.05, 0) is 30.9 Å². The van der Waals surface area contributed by atoms with Crippen molar-refractivity contribution in [1.82, 2.24) is 0 Å². The summed E-state index contributed by atoms with van der Waals surface area (Å²) >= 11 is 0. The molecule has 2 heterocycles. The maximum Gasteiger partial charge on any atom is 0.187 e. The molecule has 0 amide bonds. The Morgan fingerprint density at radius 2 is 2.20 bits per heavy atom. The van der Waals surface area contributed by atoms with E-state index in [2.05, 4.69) is 6.92 Å². The van der Waals surface area contributed by atoms with E-state index in [1.165, 1.54) is 0 Å². The Balaban J connectivity index is 1.88. The summed E-state index contributed by atoms with van der Waals surface area (Å²) in [6.07, 6.45) is 0.980. The van der Waals surface area contributed by atoms with Crippen LogP contribution in [0, 0.1) is 17.3 Å². The van der Waals surface area contributed by atoms with E-state index in [9.17, 15) is 15.0 Å². The smallest absolute Gasteiger partial charge is 0.187 e. The van der Waals surface area contributed by atoms with Crippen molar-refractivity contribution in [1.29, 1.82) is 0 Å². The number of aliphatic hydroxyl groups is 2. The number of hydrogen-bond acceptors (Lipinski definition) is 5. The Bertz CT molecular complexity index is 508. The van der Waals surface area contributed by atoms with Crippen molar-refractivity contribution in [3.05, 3.63) is 11.6 Å². The highest BCUT2D eigenvalue weighted by molar-refractivity contribution is 6.00. The zero-order valence-electron chi connectivity index (χ0n) is 11.7. The van der Waals surface area contributed by atoms with Gasteiger partial charge in [0, 0.05) is 5.92 Å². The third-order valence-corrected chi connectivity index (χ3v) is 5.97. The number of carbonyl (C=O) groups excluding carboxylic acids is 1. The molecular weight excluding hydrogens is 260 g/mol. The van der Waals surface area contributed by atoms with E-state index in [0.717, 1.165) is 6.42 Å². The zero-order chi connectivity index (χ0) is 14.3. The van der Waals surface area contributed by atoms with Crippen molar-refractivity contribution < 1.29 is 24.5 Å². The van der Waals surface area contributed by atoms with Crippen LogP contribution in [0.2, 0.25) is 0 Å². The zero-order valence-corrected chi connectivity index (χ0v) is 11.7. The molecule has 2 bridgehead atoms. The molecule has 0 radical (unpaired) electrons. The third kappa shape index (κ3) is 1.21. The summed E-state index contributed by atoms with van der Waals surface area (Å²) in [5.74, 6) is -0.0118. The molecule has 1 spiro atoms. The Kier molecular flexibility index (Phi) is 2.40. The van der Waals surface area contributed by atoms with E-state index in [-0.39, 0.29) is 30.0 Å². The van der Waals surface area contributed by atoms with Gasteiger partial charge in [-0.3, -0.25) is 4.79 Å². The van der Waals surface area contributed by atoms with Crippen molar-refractivity contribution in [2.24, 2.45) is 17.3 Å². The summed E-state index contributed by atoms with van der Waals surface area (Å²) in [5, 5.41) is 20.6. The predicted molar refractivity (Wildman–Crippen MR) is 68.9 cm³/mol. The number of aliphatic hydroxyl groups excluding tert-OH is 2. The number of carbonyl (C=O) groups is 1. The summed E-state index contributed by atoms with van der Waals surface area (Å²) in [5.41, 5.74) is -0.820. The highest BCUT2D eigenvalue weighted by Crippen LogP contribution is 2.65. The van der Waals surface area contributed by atoms with Crippen molar-refractivity contribution in [3.8, 4) is 0 Å². The van der Waals surface area contributed by atoms with Gasteiger partial charge in [-0.15, -0.1) is 0 Å². The Hall–Kier alpha value is -0.750. The summed E-state index contributed by atoms with van der Waals surface area (Å²) in [6, 6.07) is 0. The third-order valence-electron chi connectivity index (χ3n) is 5.97. The average Bonchev–Trinajstić information content (AvgIpc) is 3.17. The maximum absolute atomic E-state index is 12.2. The number of epoxide rings is 1. The van der Waals surface area contributed by atoms with Crippen molar-refractivity contribution in [2.75, 3.05) is 13.2 Å². The molecule has 4 aliphatic rings. The minimum absolute atomic E-state index is 0.00151. The number of rotatable bonds is 1. The monoisotopic (exact) mass is 280 g/mol. The first kappa shape index (κ1) is 13.0. The lowest BCUT2D eigenvalue weighted by Crippen LogP contribution is -2.65. The van der Waals surface area contributed by atoms with Gasteiger partial charge in [0.15, 0.2) is 5.78 Å². The number of fused-ring (bicyclic) bond motifs is 2. The lowest BCUT2D eigenvalue weighted by Gasteiger charge is -2.52. The number of ketones is 1. The number of hydrogen-bond donors (Lipinski definition) is 2. The first-order valence-electron chi connectivity index (χ1n) is 7.28. The fourth-order valence-corrected chi connectivity index (χ4v) is 4.83. The number of Topliss-reactive ketones (excluding diaryl/α,β-unsaturated/α-hetero) is 1. The summed E-state index contributed by atoms with van der Waals surface area (Å²) in [4.78, 5) is 12.2. The fraction of sp³-hybridized carbons (Fsp3) is 0.800. The molecule has 2 unspecified atom stereocenters. The molecule has 0 aromatic carbocycles. The molecule has 20 heavy (non-hydrogen) atoms. The second-order valence-electron chi connectivity index (χ2n) is 6.87. The van der Waals surface area contributed by atoms with Gasteiger partial charge in [-0.25, -0.2) is 0 Å². The minimum Gasteiger partial charge on any atom is -0.396 e.